The van der Waals surface area contributed by atoms with E-state index in [-0.39, 0.29) is 11.4 Å². The molecule has 6 heteroatoms. The number of fused-ring (bicyclic) bond motifs is 6. The number of nitriles is 1. The zero-order valence-corrected chi connectivity index (χ0v) is 31.6. The molecule has 0 saturated carbocycles. The highest BCUT2D eigenvalue weighted by Crippen LogP contribution is 2.48. The van der Waals surface area contributed by atoms with Crippen LogP contribution in [0, 0.1) is 25.2 Å². The van der Waals surface area contributed by atoms with Crippen molar-refractivity contribution < 1.29 is 13.2 Å². The molecule has 10 aromatic rings. The van der Waals surface area contributed by atoms with Crippen LogP contribution in [0.3, 0.4) is 0 Å². The van der Waals surface area contributed by atoms with E-state index < -0.39 is 11.7 Å². The summed E-state index contributed by atoms with van der Waals surface area (Å²) in [5.74, 6) is 0. The zero-order chi connectivity index (χ0) is 39.7. The van der Waals surface area contributed by atoms with Crippen molar-refractivity contribution in [2.75, 3.05) is 0 Å². The summed E-state index contributed by atoms with van der Waals surface area (Å²) in [6.45, 7) is 4.08. The first-order chi connectivity index (χ1) is 28.2. The maximum atomic E-state index is 16.6. The Hall–Kier alpha value is -7.36. The SMILES string of the molecule is Cc1ccccc1-c1ccc2c3ccccc3n(-c3ccc(-c4cccc(C#N)c4)c(-n4c5ccccc5c5ccc(-c6ccccc6C)cc54)c3C(F)(F)F)c2c1. The van der Waals surface area contributed by atoms with Crippen LogP contribution in [0.4, 0.5) is 13.2 Å². The Balaban J connectivity index is 1.39. The summed E-state index contributed by atoms with van der Waals surface area (Å²) >= 11 is 0. The first-order valence-electron chi connectivity index (χ1n) is 19.1. The quantitative estimate of drug-likeness (QED) is 0.172. The Kier molecular flexibility index (Phi) is 8.10. The van der Waals surface area contributed by atoms with Crippen molar-refractivity contribution in [3.8, 4) is 50.8 Å². The standard InChI is InChI=1S/C52H34F3N3/c1-32-12-3-5-16-38(32)36-22-24-43-41-18-7-9-20-45(41)57(48(43)29-36)47-27-26-40(35-15-11-14-34(28-35)31-56)51(50(47)52(53,54)55)58-46-21-10-8-19-42(46)44-25-23-37(30-49(44)58)39-17-6-4-13-33(39)2/h3-30H,1-2H3. The van der Waals surface area contributed by atoms with Gasteiger partial charge in [-0.2, -0.15) is 18.4 Å². The van der Waals surface area contributed by atoms with E-state index in [4.69, 9.17) is 0 Å². The Labute approximate surface area is 333 Å². The molecule has 2 heterocycles. The summed E-state index contributed by atoms with van der Waals surface area (Å²) in [7, 11) is 0. The molecule has 2 aromatic heterocycles. The number of halogens is 3. The molecule has 10 rings (SSSR count). The van der Waals surface area contributed by atoms with Gasteiger partial charge in [0.05, 0.1) is 45.1 Å². The number of aromatic nitrogens is 2. The average molecular weight is 758 g/mol. The van der Waals surface area contributed by atoms with E-state index >= 15 is 13.2 Å². The van der Waals surface area contributed by atoms with E-state index in [1.807, 2.05) is 147 Å². The molecule has 0 radical (unpaired) electrons. The van der Waals surface area contributed by atoms with Crippen LogP contribution < -0.4 is 0 Å². The van der Waals surface area contributed by atoms with Gasteiger partial charge >= 0.3 is 6.18 Å². The summed E-state index contributed by atoms with van der Waals surface area (Å²) in [6, 6.07) is 55.9. The molecule has 278 valence electrons. The molecule has 0 aliphatic carbocycles. The molecule has 58 heavy (non-hydrogen) atoms. The minimum absolute atomic E-state index is 0.00536. The number of nitrogens with zero attached hydrogens (tertiary/aromatic N) is 3. The lowest BCUT2D eigenvalue weighted by Gasteiger charge is -2.24. The maximum absolute atomic E-state index is 16.6. The Morgan fingerprint density at radius 1 is 0.448 bits per heavy atom. The molecule has 0 amide bonds. The van der Waals surface area contributed by atoms with Crippen molar-refractivity contribution >= 4 is 43.6 Å². The Bertz CT molecular complexity index is 3320. The number of hydrogen-bond donors (Lipinski definition) is 0. The van der Waals surface area contributed by atoms with Crippen molar-refractivity contribution in [2.24, 2.45) is 0 Å². The fourth-order valence-electron chi connectivity index (χ4n) is 8.84. The maximum Gasteiger partial charge on any atom is 0.420 e. The molecule has 0 N–H and O–H groups in total. The van der Waals surface area contributed by atoms with Crippen LogP contribution in [0.2, 0.25) is 0 Å². The fourth-order valence-corrected chi connectivity index (χ4v) is 8.84. The molecular weight excluding hydrogens is 724 g/mol. The minimum atomic E-state index is -4.83. The van der Waals surface area contributed by atoms with Gasteiger partial charge in [-0.3, -0.25) is 0 Å². The summed E-state index contributed by atoms with van der Waals surface area (Å²) in [5.41, 5.74) is 9.05. The third-order valence-corrected chi connectivity index (χ3v) is 11.5. The molecule has 8 aromatic carbocycles. The summed E-state index contributed by atoms with van der Waals surface area (Å²) in [6.07, 6.45) is -4.83. The number of para-hydroxylation sites is 2. The van der Waals surface area contributed by atoms with Gasteiger partial charge < -0.3 is 9.13 Å². The van der Waals surface area contributed by atoms with Crippen LogP contribution >= 0.6 is 0 Å². The van der Waals surface area contributed by atoms with Crippen molar-refractivity contribution in [2.45, 2.75) is 20.0 Å². The van der Waals surface area contributed by atoms with Gasteiger partial charge in [-0.05, 0) is 95.3 Å². The van der Waals surface area contributed by atoms with Crippen molar-refractivity contribution in [3.63, 3.8) is 0 Å². The molecule has 0 aliphatic rings. The van der Waals surface area contributed by atoms with E-state index in [1.165, 1.54) is 0 Å². The van der Waals surface area contributed by atoms with Gasteiger partial charge in [-0.1, -0.05) is 127 Å². The topological polar surface area (TPSA) is 33.6 Å². The van der Waals surface area contributed by atoms with Crippen molar-refractivity contribution in [3.05, 3.63) is 192 Å². The second-order valence-electron chi connectivity index (χ2n) is 14.8. The lowest BCUT2D eigenvalue weighted by molar-refractivity contribution is -0.137. The highest BCUT2D eigenvalue weighted by atomic mass is 19.4. The summed E-state index contributed by atoms with van der Waals surface area (Å²) in [5, 5.41) is 13.3. The van der Waals surface area contributed by atoms with Gasteiger partial charge in [0.2, 0.25) is 0 Å². The summed E-state index contributed by atoms with van der Waals surface area (Å²) < 4.78 is 53.5. The lowest BCUT2D eigenvalue weighted by Crippen LogP contribution is -2.17. The molecule has 0 fully saturated rings. The van der Waals surface area contributed by atoms with Gasteiger partial charge in [-0.25, -0.2) is 0 Å². The first-order valence-corrected chi connectivity index (χ1v) is 19.1. The predicted octanol–water partition coefficient (Wildman–Crippen LogP) is 14.4. The Morgan fingerprint density at radius 3 is 1.52 bits per heavy atom. The summed E-state index contributed by atoms with van der Waals surface area (Å²) in [4.78, 5) is 0. The minimum Gasteiger partial charge on any atom is -0.309 e. The first kappa shape index (κ1) is 35.1. The predicted molar refractivity (Wildman–Crippen MR) is 231 cm³/mol. The number of aryl methyl sites for hydroxylation is 2. The van der Waals surface area contributed by atoms with Gasteiger partial charge in [-0.15, -0.1) is 0 Å². The van der Waals surface area contributed by atoms with Crippen LogP contribution in [-0.4, -0.2) is 9.13 Å². The van der Waals surface area contributed by atoms with Crippen molar-refractivity contribution in [1.29, 1.82) is 5.26 Å². The molecule has 3 nitrogen and oxygen atoms in total. The van der Waals surface area contributed by atoms with Gasteiger partial charge in [0.15, 0.2) is 0 Å². The number of benzene rings is 8. The number of alkyl halides is 3. The normalized spacial score (nSPS) is 11.9. The molecular formula is C52H34F3N3. The van der Waals surface area contributed by atoms with Crippen LogP contribution in [0.1, 0.15) is 22.3 Å². The number of rotatable bonds is 5. The van der Waals surface area contributed by atoms with Gasteiger partial charge in [0, 0.05) is 27.1 Å². The molecule has 0 spiro atoms. The zero-order valence-electron chi connectivity index (χ0n) is 31.6. The number of hydrogen-bond acceptors (Lipinski definition) is 1. The van der Waals surface area contributed by atoms with E-state index in [1.54, 1.807) is 45.5 Å². The van der Waals surface area contributed by atoms with Crippen molar-refractivity contribution in [1.82, 2.24) is 9.13 Å². The van der Waals surface area contributed by atoms with Crippen LogP contribution in [-0.2, 0) is 6.18 Å². The van der Waals surface area contributed by atoms with Gasteiger partial charge in [0.1, 0.15) is 5.56 Å². The molecule has 0 saturated heterocycles. The van der Waals surface area contributed by atoms with E-state index in [2.05, 4.69) is 6.07 Å². The highest BCUT2D eigenvalue weighted by molar-refractivity contribution is 6.12. The smallest absolute Gasteiger partial charge is 0.309 e. The third-order valence-electron chi connectivity index (χ3n) is 11.5. The highest BCUT2D eigenvalue weighted by Gasteiger charge is 2.40. The second kappa shape index (κ2) is 13.4. The van der Waals surface area contributed by atoms with E-state index in [9.17, 15) is 5.26 Å². The molecule has 0 aliphatic heterocycles. The van der Waals surface area contributed by atoms with Gasteiger partial charge in [0.25, 0.3) is 0 Å². The van der Waals surface area contributed by atoms with Crippen LogP contribution in [0.25, 0.3) is 88.4 Å². The average Bonchev–Trinajstić information content (AvgIpc) is 3.75. The van der Waals surface area contributed by atoms with E-state index in [0.29, 0.717) is 38.8 Å². The largest absolute Gasteiger partial charge is 0.420 e. The Morgan fingerprint density at radius 2 is 0.948 bits per heavy atom. The van der Waals surface area contributed by atoms with Crippen LogP contribution in [0.5, 0.6) is 0 Å². The third kappa shape index (κ3) is 5.50. The van der Waals surface area contributed by atoms with Crippen LogP contribution in [0.15, 0.2) is 170 Å². The fraction of sp³-hybridized carbons (Fsp3) is 0.0577. The monoisotopic (exact) mass is 757 g/mol. The second-order valence-corrected chi connectivity index (χ2v) is 14.8. The van der Waals surface area contributed by atoms with E-state index in [0.717, 1.165) is 54.9 Å². The lowest BCUT2D eigenvalue weighted by atomic mass is 9.95. The molecule has 0 atom stereocenters. The molecule has 0 bridgehead atoms. The molecule has 0 unspecified atom stereocenters.